The van der Waals surface area contributed by atoms with Gasteiger partial charge in [-0.1, -0.05) is 111 Å². The molecule has 14 unspecified atom stereocenters. The van der Waals surface area contributed by atoms with E-state index in [2.05, 4.69) is 25.8 Å². The molecule has 6 rings (SSSR count). The smallest absolute Gasteiger partial charge is 0.308 e. The number of Topliss-reactive ketones (excluding diaryl/α,β-unsaturated/α-hetero) is 2. The van der Waals surface area contributed by atoms with Gasteiger partial charge in [0, 0.05) is 101 Å². The predicted molar refractivity (Wildman–Crippen MR) is 367 cm³/mol. The Morgan fingerprint density at radius 1 is 0.724 bits per heavy atom. The molecule has 5 heterocycles. The van der Waals surface area contributed by atoms with E-state index in [1.54, 1.807) is 142 Å². The number of amides is 2. The standard InChI is InChI=1S/C74H107N5O19/c1-48-22-16-13-11-9-7-5-6-8-10-12-14-17-24-61(96-73-70(92)68(69(91)50(3)95-73)78-65(89)32-37-79-35-20-15-21-36-79)45-64-67(72(93)77-34-31-53-23-18-19-33-76-53)63(88)47-74(94,98-64)46-60(86)42-58(84)40-56(82)38-55(81)39-57(83)41-59(85)44-66(90)97-71(48)49(2)25-30-54(80)43-62(87)51-26-28-52(75-4)29-27-51/h5-14,16-19,22-24,26-29,33,48-50,54-56,58-61,63-64,67-71,73,75,80-82,84-86,88,91-92,94H,15,20-21,25,30-32,34-47H2,1-4H3,(H,77,93)(H,78,89)/b6-5+,9-7+,10-8+,13-11+,14-12+,22-16+,24-17+/t48?,49?,50-,54?,55?,56?,58?,59?,60?,61?,63?,64?,67?,68+,69-,70+,71?,73+,74?/m1/s1. The Balaban J connectivity index is 1.22. The third-order valence-corrected chi connectivity index (χ3v) is 18.2. The number of aliphatic hydroxyl groups is 10. The van der Waals surface area contributed by atoms with Crippen LogP contribution in [-0.4, -0.2) is 221 Å². The Bertz CT molecular complexity index is 2970. The van der Waals surface area contributed by atoms with Crippen molar-refractivity contribution in [1.29, 1.82) is 0 Å². The van der Waals surface area contributed by atoms with Crippen LogP contribution in [0.25, 0.3) is 0 Å². The van der Waals surface area contributed by atoms with Crippen LogP contribution in [0.1, 0.15) is 140 Å². The van der Waals surface area contributed by atoms with Gasteiger partial charge in [0.15, 0.2) is 17.9 Å². The second kappa shape index (κ2) is 42.0. The summed E-state index contributed by atoms with van der Waals surface area (Å²) in [5.74, 6) is -7.09. The summed E-state index contributed by atoms with van der Waals surface area (Å²) >= 11 is 0. The van der Waals surface area contributed by atoms with Crippen LogP contribution >= 0.6 is 0 Å². The maximum atomic E-state index is 14.3. The zero-order chi connectivity index (χ0) is 71.2. The van der Waals surface area contributed by atoms with Gasteiger partial charge in [0.1, 0.15) is 24.1 Å². The molecule has 2 amide bonds. The highest BCUT2D eigenvalue weighted by atomic mass is 16.7. The number of esters is 1. The number of piperidine rings is 1. The summed E-state index contributed by atoms with van der Waals surface area (Å²) in [6.07, 6.45) is 7.37. The van der Waals surface area contributed by atoms with Crippen molar-refractivity contribution in [2.45, 2.75) is 227 Å². The molecule has 24 heteroatoms. The fourth-order valence-corrected chi connectivity index (χ4v) is 12.9. The zero-order valence-corrected chi connectivity index (χ0v) is 57.0. The number of nitrogens with zero attached hydrogens (tertiary/aromatic N) is 2. The van der Waals surface area contributed by atoms with Crippen molar-refractivity contribution in [3.8, 4) is 0 Å². The van der Waals surface area contributed by atoms with Crippen molar-refractivity contribution in [3.05, 3.63) is 145 Å². The van der Waals surface area contributed by atoms with Gasteiger partial charge >= 0.3 is 5.97 Å². The van der Waals surface area contributed by atoms with Gasteiger partial charge in [0.2, 0.25) is 11.8 Å². The van der Waals surface area contributed by atoms with Crippen LogP contribution in [-0.2, 0) is 44.5 Å². The molecule has 3 saturated heterocycles. The van der Waals surface area contributed by atoms with Crippen LogP contribution in [0.4, 0.5) is 5.69 Å². The predicted octanol–water partition coefficient (Wildman–Crippen LogP) is 4.45. The van der Waals surface area contributed by atoms with E-state index in [0.29, 0.717) is 30.6 Å². The highest BCUT2D eigenvalue weighted by Gasteiger charge is 2.51. The quantitative estimate of drug-likeness (QED) is 0.0724. The van der Waals surface area contributed by atoms with Crippen LogP contribution in [0.2, 0.25) is 0 Å². The van der Waals surface area contributed by atoms with Gasteiger partial charge in [-0.15, -0.1) is 0 Å². The number of carbonyl (C=O) groups is 5. The maximum Gasteiger partial charge on any atom is 0.308 e. The lowest BCUT2D eigenvalue weighted by Gasteiger charge is -2.46. The van der Waals surface area contributed by atoms with Gasteiger partial charge in [-0.2, -0.15) is 0 Å². The highest BCUT2D eigenvalue weighted by Crippen LogP contribution is 2.39. The Kier molecular flexibility index (Phi) is 34.5. The molecule has 0 saturated carbocycles. The number of cyclic esters (lactones) is 1. The number of pyridine rings is 1. The number of aromatic nitrogens is 1. The molecule has 24 nitrogen and oxygen atoms in total. The molecule has 0 aliphatic carbocycles. The Morgan fingerprint density at radius 2 is 1.35 bits per heavy atom. The molecular weight excluding hydrogens is 1260 g/mol. The molecule has 1 aromatic carbocycles. The fraction of sp³-hybridized carbons (Fsp3) is 0.595. The molecule has 13 N–H and O–H groups in total. The molecule has 542 valence electrons. The van der Waals surface area contributed by atoms with E-state index in [1.165, 1.54) is 0 Å². The highest BCUT2D eigenvalue weighted by molar-refractivity contribution is 5.96. The molecule has 4 aliphatic rings. The van der Waals surface area contributed by atoms with Crippen LogP contribution < -0.4 is 16.0 Å². The van der Waals surface area contributed by atoms with E-state index < -0.39 is 178 Å². The lowest BCUT2D eigenvalue weighted by atomic mass is 9.82. The Morgan fingerprint density at radius 3 is 1.99 bits per heavy atom. The van der Waals surface area contributed by atoms with Gasteiger partial charge in [-0.05, 0) is 107 Å². The van der Waals surface area contributed by atoms with Crippen LogP contribution in [0.3, 0.4) is 0 Å². The number of aliphatic hydroxyl groups excluding tert-OH is 9. The molecule has 2 bridgehead atoms. The fourth-order valence-electron chi connectivity index (χ4n) is 12.9. The number of anilines is 1. The van der Waals surface area contributed by atoms with Crippen molar-refractivity contribution in [3.63, 3.8) is 0 Å². The van der Waals surface area contributed by atoms with Crippen molar-refractivity contribution in [2.75, 3.05) is 38.5 Å². The maximum absolute atomic E-state index is 14.3. The number of allylic oxidation sites excluding steroid dienone is 12. The van der Waals surface area contributed by atoms with Gasteiger partial charge in [-0.3, -0.25) is 29.0 Å². The van der Waals surface area contributed by atoms with E-state index in [4.69, 9.17) is 18.9 Å². The van der Waals surface area contributed by atoms with E-state index >= 15 is 0 Å². The second-order valence-corrected chi connectivity index (χ2v) is 26.6. The topological polar surface area (TPSA) is 377 Å². The lowest BCUT2D eigenvalue weighted by Crippen LogP contribution is -2.64. The molecule has 3 fully saturated rings. The Hall–Kier alpha value is -6.46. The molecule has 4 aliphatic heterocycles. The van der Waals surface area contributed by atoms with Crippen LogP contribution in [0.5, 0.6) is 0 Å². The molecule has 1 aromatic heterocycles. The van der Waals surface area contributed by atoms with Crippen molar-refractivity contribution in [2.24, 2.45) is 17.8 Å². The number of likely N-dealkylation sites (tertiary alicyclic amines) is 1. The largest absolute Gasteiger partial charge is 0.461 e. The normalized spacial score (nSPS) is 34.2. The SMILES string of the molecule is CNc1ccc(C(=O)CC(O)CCC(C)C2OC(=O)CC(O)CC(=O)CC(O)CC(O)CC(O)CC(O)CC3(O)CC(O)C(C(=O)NCCc4ccccn4)C(CC(O[C@@H]4O[C@H](C)[C@@H](O)[C@H](NC(=O)CCN5CCCCC5)[C@@H]4O)/C=C/C=C/C=C/C=C/C=C/C=C/C=C/C2C)O3)cc1. The van der Waals surface area contributed by atoms with Crippen molar-refractivity contribution < 1.29 is 94.0 Å². The summed E-state index contributed by atoms with van der Waals surface area (Å²) in [6, 6.07) is 11.0. The van der Waals surface area contributed by atoms with E-state index in [9.17, 15) is 75.0 Å². The number of hydrogen-bond acceptors (Lipinski definition) is 22. The van der Waals surface area contributed by atoms with E-state index in [1.807, 2.05) is 19.9 Å². The number of ketones is 2. The summed E-state index contributed by atoms with van der Waals surface area (Å²) in [5.41, 5.74) is 1.99. The summed E-state index contributed by atoms with van der Waals surface area (Å²) < 4.78 is 24.9. The van der Waals surface area contributed by atoms with Crippen LogP contribution in [0.15, 0.2) is 134 Å². The van der Waals surface area contributed by atoms with Gasteiger partial charge < -0.3 is 90.9 Å². The summed E-state index contributed by atoms with van der Waals surface area (Å²) in [4.78, 5) is 73.8. The zero-order valence-electron chi connectivity index (χ0n) is 57.0. The number of benzene rings is 1. The van der Waals surface area contributed by atoms with Gasteiger partial charge in [0.05, 0.1) is 79.4 Å². The van der Waals surface area contributed by atoms with Crippen molar-refractivity contribution in [1.82, 2.24) is 20.5 Å². The third-order valence-electron chi connectivity index (χ3n) is 18.2. The molecule has 98 heavy (non-hydrogen) atoms. The van der Waals surface area contributed by atoms with E-state index in [-0.39, 0.29) is 49.8 Å². The molecule has 19 atom stereocenters. The van der Waals surface area contributed by atoms with Gasteiger partial charge in [-0.25, -0.2) is 0 Å². The second-order valence-electron chi connectivity index (χ2n) is 26.6. The van der Waals surface area contributed by atoms with Crippen molar-refractivity contribution >= 4 is 35.0 Å². The minimum absolute atomic E-state index is 0.107. The van der Waals surface area contributed by atoms with Gasteiger partial charge in [0.25, 0.3) is 0 Å². The molecule has 0 radical (unpaired) electrons. The first kappa shape index (κ1) is 80.5. The number of carbonyl (C=O) groups excluding carboxylic acids is 5. The van der Waals surface area contributed by atoms with E-state index in [0.717, 1.165) is 38.0 Å². The minimum Gasteiger partial charge on any atom is -0.461 e. The summed E-state index contributed by atoms with van der Waals surface area (Å²) in [7, 11) is 1.77. The Labute approximate surface area is 575 Å². The average Bonchev–Trinajstić information content (AvgIpc) is 0.790. The summed E-state index contributed by atoms with van der Waals surface area (Å²) in [5, 5.41) is 122. The lowest BCUT2D eigenvalue weighted by molar-refractivity contribution is -0.307. The number of fused-ring (bicyclic) bond motifs is 2. The first-order valence-corrected chi connectivity index (χ1v) is 34.6. The minimum atomic E-state index is -2.34. The first-order chi connectivity index (χ1) is 46.9. The number of nitrogens with one attached hydrogen (secondary N) is 3. The molecule has 0 spiro atoms. The first-order valence-electron chi connectivity index (χ1n) is 34.6. The molecular formula is C74H107N5O19. The molecule has 2 aromatic rings. The average molecular weight is 1370 g/mol. The number of hydrogen-bond donors (Lipinski definition) is 13. The summed E-state index contributed by atoms with van der Waals surface area (Å²) in [6.45, 7) is 7.62. The monoisotopic (exact) mass is 1370 g/mol. The third kappa shape index (κ3) is 28.3. The van der Waals surface area contributed by atoms with Crippen LogP contribution in [0, 0.1) is 17.8 Å². The number of rotatable bonds is 18. The number of ether oxygens (including phenoxy) is 4.